The molecule has 32 heavy (non-hydrogen) atoms. The second-order valence-corrected chi connectivity index (χ2v) is 7.81. The molecule has 0 saturated carbocycles. The third-order valence-electron chi connectivity index (χ3n) is 5.35. The number of ether oxygens (including phenoxy) is 1. The van der Waals surface area contributed by atoms with Crippen molar-refractivity contribution in [3.05, 3.63) is 75.1 Å². The van der Waals surface area contributed by atoms with Gasteiger partial charge in [0.1, 0.15) is 17.7 Å². The van der Waals surface area contributed by atoms with Crippen LogP contribution in [0.1, 0.15) is 58.6 Å². The largest absolute Gasteiger partial charge is 0.383 e. The molecule has 3 rings (SSSR count). The number of carbonyl (C=O) groups excluding carboxylic acids is 1. The fourth-order valence-electron chi connectivity index (χ4n) is 3.55. The van der Waals surface area contributed by atoms with E-state index in [0.29, 0.717) is 11.4 Å². The van der Waals surface area contributed by atoms with E-state index in [0.717, 1.165) is 22.3 Å². The van der Waals surface area contributed by atoms with E-state index < -0.39 is 11.5 Å². The highest BCUT2D eigenvalue weighted by molar-refractivity contribution is 6.06. The molecule has 1 aromatic carbocycles. The number of pyridine rings is 1. The van der Waals surface area contributed by atoms with Gasteiger partial charge >= 0.3 is 0 Å². The first-order valence-corrected chi connectivity index (χ1v) is 10.2. The zero-order chi connectivity index (χ0) is 23.6. The van der Waals surface area contributed by atoms with Crippen LogP contribution in [0.25, 0.3) is 5.69 Å². The Morgan fingerprint density at radius 3 is 2.38 bits per heavy atom. The van der Waals surface area contributed by atoms with Crippen LogP contribution >= 0.6 is 0 Å². The average molecular weight is 437 g/mol. The Kier molecular flexibility index (Phi) is 6.71. The maximum absolute atomic E-state index is 13.3. The lowest BCUT2D eigenvalue weighted by molar-refractivity contribution is 0.102. The summed E-state index contributed by atoms with van der Waals surface area (Å²) in [5.41, 5.74) is 15.5. The highest BCUT2D eigenvalue weighted by atomic mass is 16.5. The minimum Gasteiger partial charge on any atom is -0.383 e. The molecule has 5 N–H and O–H groups in total. The highest BCUT2D eigenvalue weighted by Gasteiger charge is 2.21. The average Bonchev–Trinajstić information content (AvgIpc) is 2.74. The molecular formula is C23H28N6O3. The van der Waals surface area contributed by atoms with Crippen molar-refractivity contribution in [2.24, 2.45) is 5.73 Å². The van der Waals surface area contributed by atoms with Crippen molar-refractivity contribution in [2.75, 3.05) is 18.2 Å². The summed E-state index contributed by atoms with van der Waals surface area (Å²) < 4.78 is 6.74. The molecule has 0 spiro atoms. The van der Waals surface area contributed by atoms with Gasteiger partial charge in [0.2, 0.25) is 0 Å². The van der Waals surface area contributed by atoms with Crippen molar-refractivity contribution in [2.45, 2.75) is 39.8 Å². The number of nitrogen functional groups attached to an aromatic ring is 1. The smallest absolute Gasteiger partial charge is 0.272 e. The summed E-state index contributed by atoms with van der Waals surface area (Å²) >= 11 is 0. The van der Waals surface area contributed by atoms with Gasteiger partial charge in [-0.3, -0.25) is 19.1 Å². The quantitative estimate of drug-likeness (QED) is 0.540. The minimum atomic E-state index is -0.669. The van der Waals surface area contributed by atoms with Gasteiger partial charge < -0.3 is 21.5 Å². The van der Waals surface area contributed by atoms with E-state index in [2.05, 4.69) is 15.3 Å². The van der Waals surface area contributed by atoms with Crippen LogP contribution in [0, 0.1) is 13.8 Å². The van der Waals surface area contributed by atoms with Crippen molar-refractivity contribution in [1.29, 1.82) is 0 Å². The first-order valence-electron chi connectivity index (χ1n) is 10.2. The molecule has 2 heterocycles. The standard InChI is InChI=1S/C23H28N6O3/c1-12-6-16(15(4)32-5)7-13(2)20(12)29-11-27-21(25)19(23(29)31)22(30)28-18-8-17(14(3)24)9-26-10-18/h6-11,14-15H,24-25H2,1-5H3,(H,28,30)/t14-,15+/m1/s1. The minimum absolute atomic E-state index is 0.0929. The van der Waals surface area contributed by atoms with E-state index in [1.165, 1.54) is 17.1 Å². The summed E-state index contributed by atoms with van der Waals surface area (Å²) in [4.78, 5) is 34.4. The number of benzene rings is 1. The summed E-state index contributed by atoms with van der Waals surface area (Å²) in [7, 11) is 1.64. The van der Waals surface area contributed by atoms with E-state index in [1.807, 2.05) is 39.8 Å². The van der Waals surface area contributed by atoms with Crippen molar-refractivity contribution in [3.63, 3.8) is 0 Å². The van der Waals surface area contributed by atoms with E-state index in [-0.39, 0.29) is 23.5 Å². The number of carbonyl (C=O) groups is 1. The van der Waals surface area contributed by atoms with Gasteiger partial charge in [-0.15, -0.1) is 0 Å². The van der Waals surface area contributed by atoms with Gasteiger partial charge in [0.15, 0.2) is 0 Å². The third-order valence-corrected chi connectivity index (χ3v) is 5.35. The van der Waals surface area contributed by atoms with E-state index in [4.69, 9.17) is 16.2 Å². The number of aromatic nitrogens is 3. The van der Waals surface area contributed by atoms with Crippen LogP contribution in [0.4, 0.5) is 11.5 Å². The Morgan fingerprint density at radius 1 is 1.12 bits per heavy atom. The Hall–Kier alpha value is -3.56. The van der Waals surface area contributed by atoms with Gasteiger partial charge in [-0.25, -0.2) is 4.98 Å². The lowest BCUT2D eigenvalue weighted by Crippen LogP contribution is -2.31. The fourth-order valence-corrected chi connectivity index (χ4v) is 3.55. The van der Waals surface area contributed by atoms with Crippen LogP contribution in [-0.4, -0.2) is 27.6 Å². The molecule has 0 aliphatic heterocycles. The first-order chi connectivity index (χ1) is 15.1. The lowest BCUT2D eigenvalue weighted by Gasteiger charge is -2.18. The van der Waals surface area contributed by atoms with Crippen molar-refractivity contribution in [3.8, 4) is 5.69 Å². The van der Waals surface area contributed by atoms with Crippen LogP contribution < -0.4 is 22.3 Å². The molecule has 168 valence electrons. The number of nitrogens with two attached hydrogens (primary N) is 2. The second-order valence-electron chi connectivity index (χ2n) is 7.81. The zero-order valence-corrected chi connectivity index (χ0v) is 18.8. The van der Waals surface area contributed by atoms with E-state index in [1.54, 1.807) is 19.4 Å². The van der Waals surface area contributed by atoms with Gasteiger partial charge in [0.05, 0.1) is 23.7 Å². The molecule has 9 nitrogen and oxygen atoms in total. The van der Waals surface area contributed by atoms with Crippen molar-refractivity contribution in [1.82, 2.24) is 14.5 Å². The number of aryl methyl sites for hydroxylation is 2. The van der Waals surface area contributed by atoms with Crippen molar-refractivity contribution < 1.29 is 9.53 Å². The summed E-state index contributed by atoms with van der Waals surface area (Å²) in [6.07, 6.45) is 4.33. The predicted molar refractivity (Wildman–Crippen MR) is 124 cm³/mol. The number of methoxy groups -OCH3 is 1. The van der Waals surface area contributed by atoms with Crippen LogP contribution in [0.5, 0.6) is 0 Å². The topological polar surface area (TPSA) is 138 Å². The van der Waals surface area contributed by atoms with Crippen molar-refractivity contribution >= 4 is 17.4 Å². The third kappa shape index (κ3) is 4.53. The summed E-state index contributed by atoms with van der Waals surface area (Å²) in [6, 6.07) is 5.34. The van der Waals surface area contributed by atoms with Gasteiger partial charge in [-0.2, -0.15) is 0 Å². The van der Waals surface area contributed by atoms with E-state index >= 15 is 0 Å². The maximum atomic E-state index is 13.3. The van der Waals surface area contributed by atoms with Gasteiger partial charge in [0.25, 0.3) is 11.5 Å². The molecule has 2 aromatic heterocycles. The van der Waals surface area contributed by atoms with Crippen LogP contribution in [0.3, 0.4) is 0 Å². The van der Waals surface area contributed by atoms with E-state index in [9.17, 15) is 9.59 Å². The summed E-state index contributed by atoms with van der Waals surface area (Å²) in [5, 5.41) is 2.67. The Labute approximate surface area is 186 Å². The Balaban J connectivity index is 2.04. The molecule has 0 aliphatic carbocycles. The van der Waals surface area contributed by atoms with Gasteiger partial charge in [-0.1, -0.05) is 12.1 Å². The number of hydrogen-bond acceptors (Lipinski definition) is 7. The summed E-state index contributed by atoms with van der Waals surface area (Å²) in [5.74, 6) is -0.821. The molecule has 0 saturated heterocycles. The molecule has 1 amide bonds. The number of hydrogen-bond donors (Lipinski definition) is 3. The molecule has 0 bridgehead atoms. The Bertz CT molecular complexity index is 1200. The normalized spacial score (nSPS) is 12.9. The SMILES string of the molecule is CO[C@@H](C)c1cc(C)c(-n2cnc(N)c(C(=O)Nc3cncc([C@@H](C)N)c3)c2=O)c(C)c1. The number of amides is 1. The number of nitrogens with one attached hydrogen (secondary N) is 1. The fraction of sp³-hybridized carbons (Fsp3) is 0.304. The highest BCUT2D eigenvalue weighted by Crippen LogP contribution is 2.25. The molecule has 2 atom stereocenters. The summed E-state index contributed by atoms with van der Waals surface area (Å²) in [6.45, 7) is 7.54. The second kappa shape index (κ2) is 9.29. The monoisotopic (exact) mass is 436 g/mol. The molecule has 9 heteroatoms. The molecular weight excluding hydrogens is 408 g/mol. The number of anilines is 2. The predicted octanol–water partition coefficient (Wildman–Crippen LogP) is 2.81. The van der Waals surface area contributed by atoms with Crippen LogP contribution in [0.2, 0.25) is 0 Å². The molecule has 3 aromatic rings. The van der Waals surface area contributed by atoms with Crippen LogP contribution in [-0.2, 0) is 4.74 Å². The zero-order valence-electron chi connectivity index (χ0n) is 18.8. The first kappa shape index (κ1) is 23.1. The van der Waals surface area contributed by atoms with Gasteiger partial charge in [0, 0.05) is 19.3 Å². The van der Waals surface area contributed by atoms with Crippen LogP contribution in [0.15, 0.2) is 41.7 Å². The number of nitrogens with zero attached hydrogens (tertiary/aromatic N) is 3. The maximum Gasteiger partial charge on any atom is 0.272 e. The molecule has 0 aliphatic rings. The van der Waals surface area contributed by atoms with Gasteiger partial charge in [-0.05, 0) is 56.0 Å². The lowest BCUT2D eigenvalue weighted by atomic mass is 10.0. The molecule has 0 fully saturated rings. The Morgan fingerprint density at radius 2 is 1.78 bits per heavy atom. The molecule has 0 radical (unpaired) electrons. The number of rotatable bonds is 6. The molecule has 0 unspecified atom stereocenters.